The van der Waals surface area contributed by atoms with Crippen molar-refractivity contribution in [3.8, 4) is 0 Å². The number of aromatic nitrogens is 3. The van der Waals surface area contributed by atoms with Gasteiger partial charge in [0.1, 0.15) is 6.04 Å². The fourth-order valence-corrected chi connectivity index (χ4v) is 1.37. The van der Waals surface area contributed by atoms with Crippen LogP contribution in [-0.4, -0.2) is 32.3 Å². The number of pyridine rings is 1. The Balaban J connectivity index is 2.32. The van der Waals surface area contributed by atoms with Gasteiger partial charge in [-0.15, -0.1) is 0 Å². The molecule has 78 valence electrons. The summed E-state index contributed by atoms with van der Waals surface area (Å²) in [7, 11) is 0. The van der Waals surface area contributed by atoms with Gasteiger partial charge in [0.15, 0.2) is 5.65 Å². The topological polar surface area (TPSA) is 105 Å². The van der Waals surface area contributed by atoms with Crippen LogP contribution in [0.5, 0.6) is 0 Å². The van der Waals surface area contributed by atoms with Crippen LogP contribution in [0.4, 0.5) is 0 Å². The minimum Gasteiger partial charge on any atom is -0.480 e. The number of hydrogen-bond acceptors (Lipinski definition) is 4. The molecule has 6 heteroatoms. The number of nitrogens with one attached hydrogen (secondary N) is 1. The second-order valence-corrected chi connectivity index (χ2v) is 3.23. The van der Waals surface area contributed by atoms with E-state index in [-0.39, 0.29) is 6.42 Å². The van der Waals surface area contributed by atoms with Gasteiger partial charge < -0.3 is 10.8 Å². The number of carboxylic acid groups (broad SMARTS) is 1. The van der Waals surface area contributed by atoms with E-state index in [4.69, 9.17) is 10.8 Å². The van der Waals surface area contributed by atoms with Crippen LogP contribution in [0.2, 0.25) is 0 Å². The number of fused-ring (bicyclic) bond motifs is 1. The normalized spacial score (nSPS) is 12.9. The fourth-order valence-electron chi connectivity index (χ4n) is 1.37. The quantitative estimate of drug-likeness (QED) is 0.651. The lowest BCUT2D eigenvalue weighted by molar-refractivity contribution is -0.138. The van der Waals surface area contributed by atoms with Gasteiger partial charge in [0.25, 0.3) is 0 Å². The first-order chi connectivity index (χ1) is 7.18. The monoisotopic (exact) mass is 206 g/mol. The van der Waals surface area contributed by atoms with E-state index in [0.717, 1.165) is 5.39 Å². The van der Waals surface area contributed by atoms with Crippen LogP contribution in [0, 0.1) is 0 Å². The van der Waals surface area contributed by atoms with Crippen LogP contribution in [0.3, 0.4) is 0 Å². The Bertz CT molecular complexity index is 494. The van der Waals surface area contributed by atoms with Crippen molar-refractivity contribution in [3.63, 3.8) is 0 Å². The molecule has 0 saturated carbocycles. The molecule has 15 heavy (non-hydrogen) atoms. The average molecular weight is 206 g/mol. The van der Waals surface area contributed by atoms with Crippen molar-refractivity contribution < 1.29 is 9.90 Å². The van der Waals surface area contributed by atoms with E-state index in [1.165, 1.54) is 0 Å². The third kappa shape index (κ3) is 1.79. The minimum atomic E-state index is -1.03. The summed E-state index contributed by atoms with van der Waals surface area (Å²) in [4.78, 5) is 14.6. The maximum Gasteiger partial charge on any atom is 0.320 e. The molecule has 1 unspecified atom stereocenters. The third-order valence-corrected chi connectivity index (χ3v) is 2.15. The summed E-state index contributed by atoms with van der Waals surface area (Å²) in [5.41, 5.74) is 6.71. The van der Waals surface area contributed by atoms with Gasteiger partial charge in [-0.2, -0.15) is 5.10 Å². The molecule has 0 aliphatic rings. The zero-order valence-corrected chi connectivity index (χ0v) is 7.84. The van der Waals surface area contributed by atoms with Gasteiger partial charge in [0, 0.05) is 23.7 Å². The lowest BCUT2D eigenvalue weighted by Gasteiger charge is -2.03. The van der Waals surface area contributed by atoms with Crippen LogP contribution < -0.4 is 5.73 Å². The largest absolute Gasteiger partial charge is 0.480 e. The van der Waals surface area contributed by atoms with Crippen LogP contribution in [0.25, 0.3) is 11.0 Å². The Morgan fingerprint density at radius 3 is 3.20 bits per heavy atom. The number of rotatable bonds is 3. The molecule has 0 amide bonds. The minimum absolute atomic E-state index is 0.220. The van der Waals surface area contributed by atoms with E-state index in [1.807, 2.05) is 6.07 Å². The molecule has 1 atom stereocenters. The van der Waals surface area contributed by atoms with Gasteiger partial charge >= 0.3 is 5.97 Å². The molecule has 0 aliphatic carbocycles. The average Bonchev–Trinajstić information content (AvgIpc) is 2.62. The smallest absolute Gasteiger partial charge is 0.320 e. The molecule has 4 N–H and O–H groups in total. The Morgan fingerprint density at radius 2 is 2.47 bits per heavy atom. The first-order valence-electron chi connectivity index (χ1n) is 4.45. The second-order valence-electron chi connectivity index (χ2n) is 3.23. The molecular formula is C9H10N4O2. The first-order valence-corrected chi connectivity index (χ1v) is 4.45. The molecule has 6 nitrogen and oxygen atoms in total. The summed E-state index contributed by atoms with van der Waals surface area (Å²) < 4.78 is 0. The third-order valence-electron chi connectivity index (χ3n) is 2.15. The SMILES string of the molecule is NC(Cc1[nH]nc2ncccc12)C(=O)O. The van der Waals surface area contributed by atoms with Gasteiger partial charge in [0.2, 0.25) is 0 Å². The fraction of sp³-hybridized carbons (Fsp3) is 0.222. The Labute approximate surface area is 85.1 Å². The van der Waals surface area contributed by atoms with Crippen LogP contribution in [0.15, 0.2) is 18.3 Å². The summed E-state index contributed by atoms with van der Waals surface area (Å²) in [5.74, 6) is -1.03. The van der Waals surface area contributed by atoms with Crippen molar-refractivity contribution in [1.29, 1.82) is 0 Å². The molecular weight excluding hydrogens is 196 g/mol. The maximum atomic E-state index is 10.6. The molecule has 0 aliphatic heterocycles. The second kappa shape index (κ2) is 3.66. The number of H-pyrrole nitrogens is 1. The van der Waals surface area contributed by atoms with Crippen LogP contribution >= 0.6 is 0 Å². The van der Waals surface area contributed by atoms with Crippen LogP contribution in [0.1, 0.15) is 5.69 Å². The molecule has 2 aromatic rings. The van der Waals surface area contributed by atoms with E-state index in [1.54, 1.807) is 12.3 Å². The molecule has 0 saturated heterocycles. The lowest BCUT2D eigenvalue weighted by atomic mass is 10.1. The van der Waals surface area contributed by atoms with Gasteiger partial charge in [-0.3, -0.25) is 9.89 Å². The van der Waals surface area contributed by atoms with E-state index >= 15 is 0 Å². The zero-order valence-electron chi connectivity index (χ0n) is 7.84. The molecule has 2 heterocycles. The van der Waals surface area contributed by atoms with E-state index in [2.05, 4.69) is 15.2 Å². The Morgan fingerprint density at radius 1 is 1.67 bits per heavy atom. The highest BCUT2D eigenvalue weighted by atomic mass is 16.4. The highest BCUT2D eigenvalue weighted by molar-refractivity contribution is 5.79. The molecule has 0 bridgehead atoms. The Hall–Kier alpha value is -1.95. The number of nitrogens with zero attached hydrogens (tertiary/aromatic N) is 2. The van der Waals surface area contributed by atoms with E-state index < -0.39 is 12.0 Å². The van der Waals surface area contributed by atoms with Gasteiger partial charge in [-0.05, 0) is 12.1 Å². The van der Waals surface area contributed by atoms with E-state index in [0.29, 0.717) is 11.3 Å². The molecule has 0 fully saturated rings. The number of aromatic amines is 1. The predicted octanol–water partition coefficient (Wildman–Crippen LogP) is -0.0877. The highest BCUT2D eigenvalue weighted by Gasteiger charge is 2.15. The van der Waals surface area contributed by atoms with Gasteiger partial charge in [0.05, 0.1) is 0 Å². The summed E-state index contributed by atoms with van der Waals surface area (Å²) in [6, 6.07) is 2.68. The van der Waals surface area contributed by atoms with Crippen molar-refractivity contribution in [1.82, 2.24) is 15.2 Å². The Kier molecular flexibility index (Phi) is 2.34. The summed E-state index contributed by atoms with van der Waals surface area (Å²) >= 11 is 0. The standard InChI is InChI=1S/C9H10N4O2/c10-6(9(14)15)4-7-5-2-1-3-11-8(5)13-12-7/h1-3,6H,4,10H2,(H,14,15)(H,11,12,13). The summed E-state index contributed by atoms with van der Waals surface area (Å²) in [6.07, 6.45) is 1.85. The molecule has 2 aromatic heterocycles. The molecule has 0 aromatic carbocycles. The molecule has 2 rings (SSSR count). The number of aliphatic carboxylic acids is 1. The number of carboxylic acids is 1. The summed E-state index contributed by atoms with van der Waals surface area (Å²) in [5, 5.41) is 16.2. The zero-order chi connectivity index (χ0) is 10.8. The number of hydrogen-bond donors (Lipinski definition) is 3. The van der Waals surface area contributed by atoms with Crippen LogP contribution in [-0.2, 0) is 11.2 Å². The van der Waals surface area contributed by atoms with Gasteiger partial charge in [-0.25, -0.2) is 4.98 Å². The maximum absolute atomic E-state index is 10.6. The number of carbonyl (C=O) groups is 1. The summed E-state index contributed by atoms with van der Waals surface area (Å²) in [6.45, 7) is 0. The molecule has 0 radical (unpaired) electrons. The van der Waals surface area contributed by atoms with E-state index in [9.17, 15) is 4.79 Å². The molecule has 0 spiro atoms. The van der Waals surface area contributed by atoms with Crippen molar-refractivity contribution in [2.75, 3.05) is 0 Å². The first kappa shape index (κ1) is 9.60. The lowest BCUT2D eigenvalue weighted by Crippen LogP contribution is -2.32. The predicted molar refractivity (Wildman–Crippen MR) is 53.2 cm³/mol. The van der Waals surface area contributed by atoms with Crippen molar-refractivity contribution in [3.05, 3.63) is 24.0 Å². The van der Waals surface area contributed by atoms with Crippen molar-refractivity contribution >= 4 is 17.0 Å². The highest BCUT2D eigenvalue weighted by Crippen LogP contribution is 2.13. The van der Waals surface area contributed by atoms with Crippen molar-refractivity contribution in [2.24, 2.45) is 5.73 Å². The van der Waals surface area contributed by atoms with Crippen molar-refractivity contribution in [2.45, 2.75) is 12.5 Å². The number of nitrogens with two attached hydrogens (primary N) is 1. The van der Waals surface area contributed by atoms with Gasteiger partial charge in [-0.1, -0.05) is 0 Å².